The highest BCUT2D eigenvalue weighted by Gasteiger charge is 2.20. The normalized spacial score (nSPS) is 25.9. The van der Waals surface area contributed by atoms with Gasteiger partial charge >= 0.3 is 0 Å². The third-order valence-corrected chi connectivity index (χ3v) is 4.15. The van der Waals surface area contributed by atoms with E-state index in [1.165, 1.54) is 25.7 Å². The van der Waals surface area contributed by atoms with Crippen molar-refractivity contribution < 1.29 is 5.11 Å². The molecule has 0 aliphatic heterocycles. The smallest absolute Gasteiger partial charge is 0.120 e. The van der Waals surface area contributed by atoms with Crippen LogP contribution in [0.1, 0.15) is 56.7 Å². The number of rotatable bonds is 3. The van der Waals surface area contributed by atoms with Crippen molar-refractivity contribution >= 4 is 0 Å². The van der Waals surface area contributed by atoms with Crippen LogP contribution in [0.2, 0.25) is 0 Å². The van der Waals surface area contributed by atoms with E-state index in [-0.39, 0.29) is 6.04 Å². The Morgan fingerprint density at radius 3 is 2.50 bits per heavy atom. The molecule has 2 nitrogen and oxygen atoms in total. The Hall–Kier alpha value is -1.02. The SMILES string of the molecule is Cc1ccc(C(C)NC2CCC(C)CC2)c(O)c1. The summed E-state index contributed by atoms with van der Waals surface area (Å²) < 4.78 is 0. The zero-order chi connectivity index (χ0) is 13.1. The van der Waals surface area contributed by atoms with Crippen LogP contribution in [0.25, 0.3) is 0 Å². The minimum absolute atomic E-state index is 0.226. The molecule has 0 radical (unpaired) electrons. The molecule has 18 heavy (non-hydrogen) atoms. The molecule has 0 saturated heterocycles. The Morgan fingerprint density at radius 2 is 1.89 bits per heavy atom. The van der Waals surface area contributed by atoms with Gasteiger partial charge in [0.15, 0.2) is 0 Å². The first kappa shape index (κ1) is 13.4. The van der Waals surface area contributed by atoms with E-state index >= 15 is 0 Å². The van der Waals surface area contributed by atoms with Gasteiger partial charge in [-0.2, -0.15) is 0 Å². The van der Waals surface area contributed by atoms with Gasteiger partial charge in [0, 0.05) is 17.6 Å². The molecule has 1 aliphatic carbocycles. The van der Waals surface area contributed by atoms with Crippen molar-refractivity contribution in [1.29, 1.82) is 0 Å². The van der Waals surface area contributed by atoms with Crippen LogP contribution in [-0.4, -0.2) is 11.1 Å². The molecule has 1 fully saturated rings. The second kappa shape index (κ2) is 5.75. The average molecular weight is 247 g/mol. The maximum absolute atomic E-state index is 9.99. The van der Waals surface area contributed by atoms with Crippen LogP contribution < -0.4 is 5.32 Å². The molecule has 1 aromatic rings. The molecule has 0 heterocycles. The number of aromatic hydroxyl groups is 1. The highest BCUT2D eigenvalue weighted by molar-refractivity contribution is 5.37. The number of benzene rings is 1. The van der Waals surface area contributed by atoms with Crippen LogP contribution >= 0.6 is 0 Å². The topological polar surface area (TPSA) is 32.3 Å². The van der Waals surface area contributed by atoms with Gasteiger partial charge in [-0.3, -0.25) is 0 Å². The van der Waals surface area contributed by atoms with Gasteiger partial charge in [0.25, 0.3) is 0 Å². The fourth-order valence-corrected chi connectivity index (χ4v) is 2.89. The fraction of sp³-hybridized carbons (Fsp3) is 0.625. The summed E-state index contributed by atoms with van der Waals surface area (Å²) in [5.74, 6) is 1.30. The van der Waals surface area contributed by atoms with Crippen molar-refractivity contribution in [1.82, 2.24) is 5.32 Å². The zero-order valence-corrected chi connectivity index (χ0v) is 11.7. The second-order valence-corrected chi connectivity index (χ2v) is 5.91. The monoisotopic (exact) mass is 247 g/mol. The van der Waals surface area contributed by atoms with Crippen LogP contribution in [-0.2, 0) is 0 Å². The summed E-state index contributed by atoms with van der Waals surface area (Å²) in [6.45, 7) is 6.48. The van der Waals surface area contributed by atoms with Crippen molar-refractivity contribution in [2.45, 2.75) is 58.5 Å². The highest BCUT2D eigenvalue weighted by atomic mass is 16.3. The molecular weight excluding hydrogens is 222 g/mol. The van der Waals surface area contributed by atoms with Crippen LogP contribution in [0.3, 0.4) is 0 Å². The van der Waals surface area contributed by atoms with Crippen LogP contribution in [0.4, 0.5) is 0 Å². The lowest BCUT2D eigenvalue weighted by atomic mass is 9.87. The van der Waals surface area contributed by atoms with E-state index in [0.29, 0.717) is 11.8 Å². The fourth-order valence-electron chi connectivity index (χ4n) is 2.89. The predicted octanol–water partition coefficient (Wildman–Crippen LogP) is 3.93. The van der Waals surface area contributed by atoms with Crippen molar-refractivity contribution in [2.75, 3.05) is 0 Å². The van der Waals surface area contributed by atoms with Gasteiger partial charge in [-0.1, -0.05) is 19.1 Å². The molecule has 0 bridgehead atoms. The van der Waals surface area contributed by atoms with Gasteiger partial charge in [-0.15, -0.1) is 0 Å². The van der Waals surface area contributed by atoms with Crippen molar-refractivity contribution in [3.8, 4) is 5.75 Å². The molecule has 100 valence electrons. The molecule has 1 atom stereocenters. The molecule has 2 heteroatoms. The van der Waals surface area contributed by atoms with E-state index < -0.39 is 0 Å². The van der Waals surface area contributed by atoms with Gasteiger partial charge in [-0.05, 0) is 57.1 Å². The Morgan fingerprint density at radius 1 is 1.22 bits per heavy atom. The summed E-state index contributed by atoms with van der Waals surface area (Å²) in [5, 5.41) is 13.6. The first-order valence-corrected chi connectivity index (χ1v) is 7.12. The average Bonchev–Trinajstić information content (AvgIpc) is 2.32. The zero-order valence-electron chi connectivity index (χ0n) is 11.7. The van der Waals surface area contributed by atoms with Crippen molar-refractivity contribution in [2.24, 2.45) is 5.92 Å². The first-order chi connectivity index (χ1) is 8.56. The number of phenolic OH excluding ortho intramolecular Hbond substituents is 1. The summed E-state index contributed by atoms with van der Waals surface area (Å²) in [6.07, 6.45) is 5.17. The van der Waals surface area contributed by atoms with Crippen LogP contribution in [0.15, 0.2) is 18.2 Å². The minimum Gasteiger partial charge on any atom is -0.508 e. The Kier molecular flexibility index (Phi) is 4.28. The molecule has 1 saturated carbocycles. The van der Waals surface area contributed by atoms with E-state index in [1.807, 2.05) is 19.1 Å². The third-order valence-electron chi connectivity index (χ3n) is 4.15. The summed E-state index contributed by atoms with van der Waals surface area (Å²) in [6, 6.07) is 6.78. The third kappa shape index (κ3) is 3.26. The first-order valence-electron chi connectivity index (χ1n) is 7.12. The lowest BCUT2D eigenvalue weighted by molar-refractivity contribution is 0.290. The Labute approximate surface area is 110 Å². The molecule has 2 rings (SSSR count). The van der Waals surface area contributed by atoms with Crippen LogP contribution in [0.5, 0.6) is 5.75 Å². The predicted molar refractivity (Wildman–Crippen MR) is 75.8 cm³/mol. The lowest BCUT2D eigenvalue weighted by Gasteiger charge is -2.30. The number of hydrogen-bond acceptors (Lipinski definition) is 2. The quantitative estimate of drug-likeness (QED) is 0.848. The van der Waals surface area contributed by atoms with E-state index in [0.717, 1.165) is 17.0 Å². The molecule has 0 amide bonds. The van der Waals surface area contributed by atoms with E-state index in [4.69, 9.17) is 0 Å². The molecule has 0 aromatic heterocycles. The Balaban J connectivity index is 1.97. The summed E-state index contributed by atoms with van der Waals surface area (Å²) in [5.41, 5.74) is 2.12. The highest BCUT2D eigenvalue weighted by Crippen LogP contribution is 2.28. The summed E-state index contributed by atoms with van der Waals surface area (Å²) >= 11 is 0. The van der Waals surface area contributed by atoms with Gasteiger partial charge in [-0.25, -0.2) is 0 Å². The molecular formula is C16H25NO. The van der Waals surface area contributed by atoms with E-state index in [1.54, 1.807) is 0 Å². The molecule has 1 aliphatic rings. The second-order valence-electron chi connectivity index (χ2n) is 5.91. The summed E-state index contributed by atoms with van der Waals surface area (Å²) in [4.78, 5) is 0. The standard InChI is InChI=1S/C16H25NO/c1-11-4-7-14(8-5-11)17-13(3)15-9-6-12(2)10-16(15)18/h6,9-11,13-14,17-18H,4-5,7-8H2,1-3H3. The van der Waals surface area contributed by atoms with Gasteiger partial charge in [0.2, 0.25) is 0 Å². The summed E-state index contributed by atoms with van der Waals surface area (Å²) in [7, 11) is 0. The maximum Gasteiger partial charge on any atom is 0.120 e. The Bertz CT molecular complexity index is 394. The van der Waals surface area contributed by atoms with Crippen molar-refractivity contribution in [3.63, 3.8) is 0 Å². The molecule has 0 spiro atoms. The molecule has 2 N–H and O–H groups in total. The van der Waals surface area contributed by atoms with Crippen molar-refractivity contribution in [3.05, 3.63) is 29.3 Å². The molecule has 1 unspecified atom stereocenters. The molecule has 1 aromatic carbocycles. The largest absolute Gasteiger partial charge is 0.508 e. The van der Waals surface area contributed by atoms with Crippen LogP contribution in [0, 0.1) is 12.8 Å². The minimum atomic E-state index is 0.226. The van der Waals surface area contributed by atoms with E-state index in [9.17, 15) is 5.11 Å². The number of phenols is 1. The van der Waals surface area contributed by atoms with Gasteiger partial charge in [0.1, 0.15) is 5.75 Å². The van der Waals surface area contributed by atoms with Gasteiger partial charge in [0.05, 0.1) is 0 Å². The maximum atomic E-state index is 9.99. The lowest BCUT2D eigenvalue weighted by Crippen LogP contribution is -2.34. The number of aryl methyl sites for hydroxylation is 1. The number of nitrogens with one attached hydrogen (secondary N) is 1. The number of hydrogen-bond donors (Lipinski definition) is 2. The van der Waals surface area contributed by atoms with E-state index in [2.05, 4.69) is 25.2 Å². The van der Waals surface area contributed by atoms with Gasteiger partial charge < -0.3 is 10.4 Å².